The van der Waals surface area contributed by atoms with Crippen LogP contribution in [0, 0.1) is 11.8 Å². The molecular weight excluding hydrogens is 248 g/mol. The summed E-state index contributed by atoms with van der Waals surface area (Å²) in [4.78, 5) is 10.9. The highest BCUT2D eigenvalue weighted by atomic mass is 16.1. The van der Waals surface area contributed by atoms with Crippen molar-refractivity contribution in [3.63, 3.8) is 0 Å². The van der Waals surface area contributed by atoms with Gasteiger partial charge in [-0.15, -0.1) is 0 Å². The Labute approximate surface area is 121 Å². The summed E-state index contributed by atoms with van der Waals surface area (Å²) in [7, 11) is 0. The van der Waals surface area contributed by atoms with E-state index in [0.717, 1.165) is 23.1 Å². The molecule has 2 unspecified atom stereocenters. The summed E-state index contributed by atoms with van der Waals surface area (Å²) in [5, 5.41) is 3.68. The molecule has 1 aromatic rings. The second kappa shape index (κ2) is 6.78. The quantitative estimate of drug-likeness (QED) is 0.865. The Balaban J connectivity index is 1.99. The van der Waals surface area contributed by atoms with Gasteiger partial charge in [0.2, 0.25) is 5.91 Å². The zero-order valence-electron chi connectivity index (χ0n) is 12.6. The van der Waals surface area contributed by atoms with E-state index in [-0.39, 0.29) is 5.91 Å². The van der Waals surface area contributed by atoms with E-state index in [9.17, 15) is 4.79 Å². The molecule has 0 radical (unpaired) electrons. The third-order valence-corrected chi connectivity index (χ3v) is 4.36. The van der Waals surface area contributed by atoms with E-state index in [2.05, 4.69) is 31.3 Å². The number of nitrogens with one attached hydrogen (secondary N) is 1. The standard InChI is InChI=1S/C17H26N2O/c1-12(2)15-5-3-4-6-16(15)19-14-9-7-13(8-10-14)11-17(18)20/h7-10,12,15-16,19H,3-6,11H2,1-2H3,(H2,18,20). The van der Waals surface area contributed by atoms with E-state index in [4.69, 9.17) is 5.73 Å². The third kappa shape index (κ3) is 3.99. The lowest BCUT2D eigenvalue weighted by Crippen LogP contribution is -2.35. The number of anilines is 1. The fourth-order valence-corrected chi connectivity index (χ4v) is 3.27. The van der Waals surface area contributed by atoms with E-state index < -0.39 is 0 Å². The van der Waals surface area contributed by atoms with Crippen LogP contribution in [0.15, 0.2) is 24.3 Å². The Morgan fingerprint density at radius 3 is 2.50 bits per heavy atom. The SMILES string of the molecule is CC(C)C1CCCCC1Nc1ccc(CC(N)=O)cc1. The Morgan fingerprint density at radius 2 is 1.90 bits per heavy atom. The molecule has 1 aliphatic rings. The van der Waals surface area contributed by atoms with Crippen molar-refractivity contribution in [1.82, 2.24) is 0 Å². The molecule has 0 bridgehead atoms. The monoisotopic (exact) mass is 274 g/mol. The lowest BCUT2D eigenvalue weighted by atomic mass is 9.78. The number of primary amides is 1. The minimum absolute atomic E-state index is 0.280. The number of hydrogen-bond donors (Lipinski definition) is 2. The predicted molar refractivity (Wildman–Crippen MR) is 83.5 cm³/mol. The molecule has 0 spiro atoms. The number of carbonyl (C=O) groups excluding carboxylic acids is 1. The summed E-state index contributed by atoms with van der Waals surface area (Å²) in [6.45, 7) is 4.64. The highest BCUT2D eigenvalue weighted by molar-refractivity contribution is 5.76. The Kier molecular flexibility index (Phi) is 5.05. The van der Waals surface area contributed by atoms with Crippen molar-refractivity contribution in [2.45, 2.75) is 52.0 Å². The van der Waals surface area contributed by atoms with E-state index in [0.29, 0.717) is 12.5 Å². The molecule has 2 rings (SSSR count). The van der Waals surface area contributed by atoms with Crippen LogP contribution in [-0.2, 0) is 11.2 Å². The van der Waals surface area contributed by atoms with Crippen molar-refractivity contribution in [1.29, 1.82) is 0 Å². The van der Waals surface area contributed by atoms with Crippen molar-refractivity contribution in [3.8, 4) is 0 Å². The van der Waals surface area contributed by atoms with Crippen molar-refractivity contribution in [2.24, 2.45) is 17.6 Å². The Hall–Kier alpha value is -1.51. The van der Waals surface area contributed by atoms with E-state index >= 15 is 0 Å². The summed E-state index contributed by atoms with van der Waals surface area (Å²) in [6.07, 6.45) is 5.58. The molecule has 1 aliphatic carbocycles. The maximum Gasteiger partial charge on any atom is 0.221 e. The van der Waals surface area contributed by atoms with Gasteiger partial charge in [-0.2, -0.15) is 0 Å². The van der Waals surface area contributed by atoms with Gasteiger partial charge in [-0.1, -0.05) is 38.8 Å². The minimum Gasteiger partial charge on any atom is -0.382 e. The van der Waals surface area contributed by atoms with Crippen LogP contribution in [0.3, 0.4) is 0 Å². The van der Waals surface area contributed by atoms with Crippen LogP contribution in [0.25, 0.3) is 0 Å². The highest BCUT2D eigenvalue weighted by Crippen LogP contribution is 2.32. The van der Waals surface area contributed by atoms with Gasteiger partial charge in [0.05, 0.1) is 6.42 Å². The molecule has 3 N–H and O–H groups in total. The average molecular weight is 274 g/mol. The van der Waals surface area contributed by atoms with Crippen LogP contribution >= 0.6 is 0 Å². The van der Waals surface area contributed by atoms with E-state index in [1.54, 1.807) is 0 Å². The summed E-state index contributed by atoms with van der Waals surface area (Å²) < 4.78 is 0. The molecule has 3 heteroatoms. The smallest absolute Gasteiger partial charge is 0.221 e. The van der Waals surface area contributed by atoms with Crippen molar-refractivity contribution in [3.05, 3.63) is 29.8 Å². The second-order valence-electron chi connectivity index (χ2n) is 6.28. The molecule has 0 heterocycles. The highest BCUT2D eigenvalue weighted by Gasteiger charge is 2.27. The van der Waals surface area contributed by atoms with Gasteiger partial charge in [0.15, 0.2) is 0 Å². The van der Waals surface area contributed by atoms with Crippen molar-refractivity contribution < 1.29 is 4.79 Å². The normalized spacial score (nSPS) is 22.8. The molecule has 1 aromatic carbocycles. The molecule has 1 fully saturated rings. The van der Waals surface area contributed by atoms with Crippen LogP contribution in [0.2, 0.25) is 0 Å². The van der Waals surface area contributed by atoms with Gasteiger partial charge in [0, 0.05) is 11.7 Å². The molecule has 1 saturated carbocycles. The second-order valence-corrected chi connectivity index (χ2v) is 6.28. The molecule has 1 amide bonds. The van der Waals surface area contributed by atoms with Crippen LogP contribution in [0.1, 0.15) is 45.1 Å². The number of nitrogens with two attached hydrogens (primary N) is 1. The van der Waals surface area contributed by atoms with Crippen LogP contribution in [0.5, 0.6) is 0 Å². The average Bonchev–Trinajstić information content (AvgIpc) is 2.41. The zero-order chi connectivity index (χ0) is 14.5. The Bertz CT molecular complexity index is 439. The van der Waals surface area contributed by atoms with Gasteiger partial charge in [0.1, 0.15) is 0 Å². The molecular formula is C17H26N2O. The van der Waals surface area contributed by atoms with Gasteiger partial charge in [-0.25, -0.2) is 0 Å². The number of amides is 1. The van der Waals surface area contributed by atoms with Crippen LogP contribution in [-0.4, -0.2) is 11.9 Å². The van der Waals surface area contributed by atoms with Crippen molar-refractivity contribution in [2.75, 3.05) is 5.32 Å². The minimum atomic E-state index is -0.280. The first-order chi connectivity index (χ1) is 9.56. The van der Waals surface area contributed by atoms with Gasteiger partial charge >= 0.3 is 0 Å². The molecule has 0 aromatic heterocycles. The lowest BCUT2D eigenvalue weighted by molar-refractivity contribution is -0.117. The maximum atomic E-state index is 10.9. The Morgan fingerprint density at radius 1 is 1.25 bits per heavy atom. The zero-order valence-corrected chi connectivity index (χ0v) is 12.6. The van der Waals surface area contributed by atoms with Gasteiger partial charge < -0.3 is 11.1 Å². The van der Waals surface area contributed by atoms with Crippen molar-refractivity contribution >= 4 is 11.6 Å². The summed E-state index contributed by atoms with van der Waals surface area (Å²) >= 11 is 0. The summed E-state index contributed by atoms with van der Waals surface area (Å²) in [6, 6.07) is 8.67. The largest absolute Gasteiger partial charge is 0.382 e. The fourth-order valence-electron chi connectivity index (χ4n) is 3.27. The fraction of sp³-hybridized carbons (Fsp3) is 0.588. The number of rotatable bonds is 5. The van der Waals surface area contributed by atoms with Crippen LogP contribution < -0.4 is 11.1 Å². The first-order valence-electron chi connectivity index (χ1n) is 7.70. The van der Waals surface area contributed by atoms with Gasteiger partial charge in [-0.05, 0) is 42.4 Å². The van der Waals surface area contributed by atoms with E-state index in [1.807, 2.05) is 12.1 Å². The summed E-state index contributed by atoms with van der Waals surface area (Å²) in [5.41, 5.74) is 7.34. The molecule has 0 aliphatic heterocycles. The third-order valence-electron chi connectivity index (χ3n) is 4.36. The molecule has 0 saturated heterocycles. The number of carbonyl (C=O) groups is 1. The summed E-state index contributed by atoms with van der Waals surface area (Å²) in [5.74, 6) is 1.20. The van der Waals surface area contributed by atoms with Crippen LogP contribution in [0.4, 0.5) is 5.69 Å². The topological polar surface area (TPSA) is 55.1 Å². The first kappa shape index (κ1) is 14.9. The molecule has 2 atom stereocenters. The number of hydrogen-bond acceptors (Lipinski definition) is 2. The first-order valence-corrected chi connectivity index (χ1v) is 7.70. The molecule has 110 valence electrons. The van der Waals surface area contributed by atoms with Gasteiger partial charge in [0.25, 0.3) is 0 Å². The van der Waals surface area contributed by atoms with E-state index in [1.165, 1.54) is 25.7 Å². The lowest BCUT2D eigenvalue weighted by Gasteiger charge is -2.35. The van der Waals surface area contributed by atoms with Gasteiger partial charge in [-0.3, -0.25) is 4.79 Å². The molecule has 3 nitrogen and oxygen atoms in total. The predicted octanol–water partition coefficient (Wildman–Crippen LogP) is 3.34. The number of benzene rings is 1. The maximum absolute atomic E-state index is 10.9. The molecule has 20 heavy (non-hydrogen) atoms.